The molecule has 0 aliphatic carbocycles. The second-order valence-corrected chi connectivity index (χ2v) is 10.6. The number of carbonyl (C=O) groups is 3. The van der Waals surface area contributed by atoms with E-state index in [1.165, 1.54) is 18.9 Å². The average molecular weight is 632 g/mol. The summed E-state index contributed by atoms with van der Waals surface area (Å²) in [7, 11) is 3.06. The number of hydrogen-bond donors (Lipinski definition) is 2. The van der Waals surface area contributed by atoms with E-state index in [1.54, 1.807) is 86.0 Å². The maximum Gasteiger partial charge on any atom is 0.272 e. The van der Waals surface area contributed by atoms with Gasteiger partial charge in [-0.3, -0.25) is 14.4 Å². The monoisotopic (exact) mass is 630 g/mol. The van der Waals surface area contributed by atoms with E-state index < -0.39 is 11.8 Å². The Labute approximate surface area is 251 Å². The van der Waals surface area contributed by atoms with Gasteiger partial charge < -0.3 is 20.1 Å². The maximum atomic E-state index is 13.4. The predicted molar refractivity (Wildman–Crippen MR) is 166 cm³/mol. The van der Waals surface area contributed by atoms with Crippen LogP contribution in [0.4, 0.5) is 5.69 Å². The minimum absolute atomic E-state index is 0.0257. The molecule has 7 nitrogen and oxygen atoms in total. The van der Waals surface area contributed by atoms with Crippen molar-refractivity contribution in [3.63, 3.8) is 0 Å². The number of thioether (sulfide) groups is 1. The molecule has 2 N–H and O–H groups in total. The molecule has 2 amide bonds. The first-order chi connectivity index (χ1) is 19.9. The third-order valence-corrected chi connectivity index (χ3v) is 7.46. The number of ether oxygens (including phenoxy) is 2. The number of rotatable bonds is 11. The van der Waals surface area contributed by atoms with Crippen LogP contribution in [0.25, 0.3) is 6.08 Å². The van der Waals surface area contributed by atoms with Crippen molar-refractivity contribution in [3.8, 4) is 11.5 Å². The molecular weight excluding hydrogens is 604 g/mol. The molecule has 0 heterocycles. The Balaban J connectivity index is 1.49. The average Bonchev–Trinajstić information content (AvgIpc) is 3.01. The highest BCUT2D eigenvalue weighted by Crippen LogP contribution is 2.27. The van der Waals surface area contributed by atoms with Crippen LogP contribution >= 0.6 is 27.7 Å². The van der Waals surface area contributed by atoms with Crippen molar-refractivity contribution >= 4 is 57.1 Å². The summed E-state index contributed by atoms with van der Waals surface area (Å²) in [5, 5.41) is 5.56. The highest BCUT2D eigenvalue weighted by Gasteiger charge is 2.17. The van der Waals surface area contributed by atoms with Crippen molar-refractivity contribution in [2.24, 2.45) is 0 Å². The fourth-order valence-electron chi connectivity index (χ4n) is 3.74. The van der Waals surface area contributed by atoms with Gasteiger partial charge in [0.05, 0.1) is 20.0 Å². The number of halogens is 1. The van der Waals surface area contributed by atoms with E-state index in [2.05, 4.69) is 26.6 Å². The molecule has 0 bridgehead atoms. The smallest absolute Gasteiger partial charge is 0.272 e. The molecule has 4 aromatic rings. The fraction of sp³-hybridized carbons (Fsp3) is 0.0938. The van der Waals surface area contributed by atoms with E-state index in [1.807, 2.05) is 24.3 Å². The number of methoxy groups -OCH3 is 2. The molecule has 0 aromatic heterocycles. The van der Waals surface area contributed by atoms with Gasteiger partial charge >= 0.3 is 0 Å². The Morgan fingerprint density at radius 3 is 2.20 bits per heavy atom. The lowest BCUT2D eigenvalue weighted by Crippen LogP contribution is -2.30. The van der Waals surface area contributed by atoms with Crippen LogP contribution in [-0.4, -0.2) is 37.6 Å². The Hall–Kier alpha value is -4.34. The van der Waals surface area contributed by atoms with E-state index in [0.29, 0.717) is 33.9 Å². The van der Waals surface area contributed by atoms with Crippen molar-refractivity contribution in [3.05, 3.63) is 124 Å². The highest BCUT2D eigenvalue weighted by molar-refractivity contribution is 9.10. The van der Waals surface area contributed by atoms with E-state index in [9.17, 15) is 14.4 Å². The second kappa shape index (κ2) is 14.3. The summed E-state index contributed by atoms with van der Waals surface area (Å²) in [6, 6.07) is 28.2. The number of anilines is 1. The van der Waals surface area contributed by atoms with Gasteiger partial charge in [-0.1, -0.05) is 46.3 Å². The molecular formula is C32H27BrN2O5S. The topological polar surface area (TPSA) is 93.7 Å². The molecule has 208 valence electrons. The van der Waals surface area contributed by atoms with Crippen LogP contribution in [0.3, 0.4) is 0 Å². The molecule has 9 heteroatoms. The van der Waals surface area contributed by atoms with Gasteiger partial charge in [0.25, 0.3) is 11.8 Å². The van der Waals surface area contributed by atoms with Crippen molar-refractivity contribution in [1.29, 1.82) is 0 Å². The molecule has 0 saturated heterocycles. The van der Waals surface area contributed by atoms with E-state index in [4.69, 9.17) is 9.47 Å². The van der Waals surface area contributed by atoms with Gasteiger partial charge in [0, 0.05) is 37.8 Å². The van der Waals surface area contributed by atoms with Gasteiger partial charge in [-0.05, 0) is 66.7 Å². The number of nitrogens with one attached hydrogen (secondary N) is 2. The highest BCUT2D eigenvalue weighted by atomic mass is 79.9. The van der Waals surface area contributed by atoms with Crippen LogP contribution < -0.4 is 20.1 Å². The Bertz CT molecular complexity index is 1560. The third kappa shape index (κ3) is 8.33. The third-order valence-electron chi connectivity index (χ3n) is 5.92. The number of amides is 2. The van der Waals surface area contributed by atoms with Crippen LogP contribution in [0.1, 0.15) is 26.3 Å². The van der Waals surface area contributed by atoms with Crippen molar-refractivity contribution < 1.29 is 23.9 Å². The zero-order chi connectivity index (χ0) is 29.2. The largest absolute Gasteiger partial charge is 0.497 e. The van der Waals surface area contributed by atoms with Gasteiger partial charge in [0.15, 0.2) is 5.78 Å². The van der Waals surface area contributed by atoms with E-state index >= 15 is 0 Å². The number of ketones is 1. The zero-order valence-electron chi connectivity index (χ0n) is 22.3. The molecule has 0 aliphatic heterocycles. The van der Waals surface area contributed by atoms with Crippen LogP contribution in [0, 0.1) is 0 Å². The predicted octanol–water partition coefficient (Wildman–Crippen LogP) is 6.85. The van der Waals surface area contributed by atoms with Crippen molar-refractivity contribution in [2.45, 2.75) is 4.90 Å². The van der Waals surface area contributed by atoms with Crippen LogP contribution in [0.5, 0.6) is 11.5 Å². The summed E-state index contributed by atoms with van der Waals surface area (Å²) in [5.41, 5.74) is 2.19. The first-order valence-electron chi connectivity index (χ1n) is 12.5. The summed E-state index contributed by atoms with van der Waals surface area (Å²) in [4.78, 5) is 39.7. The van der Waals surface area contributed by atoms with Crippen LogP contribution in [0.15, 0.2) is 112 Å². The van der Waals surface area contributed by atoms with Gasteiger partial charge in [0.2, 0.25) is 0 Å². The van der Waals surface area contributed by atoms with Crippen LogP contribution in [0.2, 0.25) is 0 Å². The molecule has 0 fully saturated rings. The standard InChI is InChI=1S/C32H27BrN2O5S/c1-39-26-15-10-23(30(19-26)40-2)18-28(35-31(37)22-6-4-3-5-7-22)32(38)34-25-13-16-27(17-14-25)41-20-29(36)21-8-11-24(33)12-9-21/h3-19H,20H2,1-2H3,(H,34,38)(H,35,37)/b28-18-. The SMILES string of the molecule is COc1ccc(/C=C(\NC(=O)c2ccccc2)C(=O)Nc2ccc(SCC(=O)c3ccc(Br)cc3)cc2)c(OC)c1. The Morgan fingerprint density at radius 2 is 1.54 bits per heavy atom. The molecule has 0 atom stereocenters. The summed E-state index contributed by atoms with van der Waals surface area (Å²) >= 11 is 4.78. The lowest BCUT2D eigenvalue weighted by Gasteiger charge is -2.13. The number of Topliss-reactive ketones (excluding diaryl/α,β-unsaturated/α-hetero) is 1. The minimum atomic E-state index is -0.516. The second-order valence-electron chi connectivity index (χ2n) is 8.68. The van der Waals surface area contributed by atoms with Gasteiger partial charge in [-0.15, -0.1) is 11.8 Å². The number of hydrogen-bond acceptors (Lipinski definition) is 6. The quantitative estimate of drug-likeness (QED) is 0.107. The first-order valence-corrected chi connectivity index (χ1v) is 14.3. The van der Waals surface area contributed by atoms with Gasteiger partial charge in [0.1, 0.15) is 17.2 Å². The molecule has 0 spiro atoms. The lowest BCUT2D eigenvalue weighted by molar-refractivity contribution is -0.113. The molecule has 0 radical (unpaired) electrons. The zero-order valence-corrected chi connectivity index (χ0v) is 24.8. The molecule has 4 aromatic carbocycles. The van der Waals surface area contributed by atoms with Crippen molar-refractivity contribution in [1.82, 2.24) is 5.32 Å². The van der Waals surface area contributed by atoms with Crippen LogP contribution in [-0.2, 0) is 4.79 Å². The number of benzene rings is 4. The summed E-state index contributed by atoms with van der Waals surface area (Å²) in [6.07, 6.45) is 1.55. The Kier molecular flexibility index (Phi) is 10.4. The van der Waals surface area contributed by atoms with E-state index in [-0.39, 0.29) is 17.2 Å². The summed E-state index contributed by atoms with van der Waals surface area (Å²) in [5.74, 6) is 0.435. The molecule has 4 rings (SSSR count). The normalized spacial score (nSPS) is 11.0. The minimum Gasteiger partial charge on any atom is -0.497 e. The Morgan fingerprint density at radius 1 is 0.829 bits per heavy atom. The van der Waals surface area contributed by atoms with E-state index in [0.717, 1.165) is 9.37 Å². The molecule has 0 unspecified atom stereocenters. The molecule has 0 saturated carbocycles. The summed E-state index contributed by atoms with van der Waals surface area (Å²) in [6.45, 7) is 0. The van der Waals surface area contributed by atoms with Gasteiger partial charge in [-0.2, -0.15) is 0 Å². The maximum absolute atomic E-state index is 13.4. The van der Waals surface area contributed by atoms with Crippen molar-refractivity contribution in [2.75, 3.05) is 25.3 Å². The lowest BCUT2D eigenvalue weighted by atomic mass is 10.1. The van der Waals surface area contributed by atoms with Gasteiger partial charge in [-0.25, -0.2) is 0 Å². The molecule has 0 aliphatic rings. The summed E-state index contributed by atoms with van der Waals surface area (Å²) < 4.78 is 11.6. The first kappa shape index (κ1) is 29.6. The molecule has 41 heavy (non-hydrogen) atoms. The number of carbonyl (C=O) groups excluding carboxylic acids is 3. The fourth-order valence-corrected chi connectivity index (χ4v) is 4.79.